The third kappa shape index (κ3) is 1.98. The second kappa shape index (κ2) is 3.87. The van der Waals surface area contributed by atoms with Crippen LogP contribution in [0.2, 0.25) is 0 Å². The molecule has 5 N–H and O–H groups in total. The normalized spacial score (nSPS) is 9.67. The summed E-state index contributed by atoms with van der Waals surface area (Å²) in [6.45, 7) is 0. The number of aromatic carboxylic acids is 1. The van der Waals surface area contributed by atoms with Crippen molar-refractivity contribution in [1.29, 1.82) is 0 Å². The maximum atomic E-state index is 11.2. The summed E-state index contributed by atoms with van der Waals surface area (Å²) in [6.07, 6.45) is 0. The maximum absolute atomic E-state index is 11.2. The highest BCUT2D eigenvalue weighted by atomic mass is 16.5. The summed E-state index contributed by atoms with van der Waals surface area (Å²) < 4.78 is 4.45. The van der Waals surface area contributed by atoms with Gasteiger partial charge >= 0.3 is 11.9 Å². The van der Waals surface area contributed by atoms with E-state index < -0.39 is 11.9 Å². The largest absolute Gasteiger partial charge is 0.478 e. The van der Waals surface area contributed by atoms with E-state index in [1.807, 2.05) is 0 Å². The van der Waals surface area contributed by atoms with Gasteiger partial charge in [-0.1, -0.05) is 0 Å². The Balaban J connectivity index is 3.33. The lowest BCUT2D eigenvalue weighted by Crippen LogP contribution is -2.11. The van der Waals surface area contributed by atoms with Crippen LogP contribution in [0.4, 0.5) is 11.4 Å². The van der Waals surface area contributed by atoms with Crippen molar-refractivity contribution in [3.8, 4) is 0 Å². The van der Waals surface area contributed by atoms with E-state index in [1.54, 1.807) is 0 Å². The van der Waals surface area contributed by atoms with Crippen molar-refractivity contribution in [1.82, 2.24) is 0 Å². The summed E-state index contributed by atoms with van der Waals surface area (Å²) in [7, 11) is 1.19. The third-order valence-corrected chi connectivity index (χ3v) is 1.84. The highest BCUT2D eigenvalue weighted by Gasteiger charge is 2.17. The van der Waals surface area contributed by atoms with Crippen molar-refractivity contribution in [2.45, 2.75) is 0 Å². The van der Waals surface area contributed by atoms with Crippen LogP contribution >= 0.6 is 0 Å². The Kier molecular flexibility index (Phi) is 2.80. The number of methoxy groups -OCH3 is 1. The van der Waals surface area contributed by atoms with E-state index in [9.17, 15) is 9.59 Å². The SMILES string of the molecule is COC(=O)c1c(N)cc(C(=O)O)cc1N. The van der Waals surface area contributed by atoms with Gasteiger partial charge in [0.1, 0.15) is 5.56 Å². The lowest BCUT2D eigenvalue weighted by molar-refractivity contribution is 0.0601. The average molecular weight is 210 g/mol. The molecule has 0 atom stereocenters. The molecule has 0 aliphatic heterocycles. The van der Waals surface area contributed by atoms with E-state index in [4.69, 9.17) is 16.6 Å². The molecule has 0 amide bonds. The van der Waals surface area contributed by atoms with Crippen LogP contribution in [0.25, 0.3) is 0 Å². The molecule has 0 radical (unpaired) electrons. The van der Waals surface area contributed by atoms with Gasteiger partial charge in [0.2, 0.25) is 0 Å². The van der Waals surface area contributed by atoms with Crippen molar-refractivity contribution in [2.24, 2.45) is 0 Å². The molecule has 1 aromatic rings. The van der Waals surface area contributed by atoms with Crippen LogP contribution < -0.4 is 11.5 Å². The third-order valence-electron chi connectivity index (χ3n) is 1.84. The molecule has 0 bridgehead atoms. The molecule has 80 valence electrons. The first kappa shape index (κ1) is 10.8. The van der Waals surface area contributed by atoms with Crippen LogP contribution in [0.3, 0.4) is 0 Å². The van der Waals surface area contributed by atoms with Gasteiger partial charge in [-0.25, -0.2) is 9.59 Å². The summed E-state index contributed by atoms with van der Waals surface area (Å²) in [5.74, 6) is -1.85. The number of nitrogen functional groups attached to an aromatic ring is 2. The van der Waals surface area contributed by atoms with Crippen LogP contribution in [0.15, 0.2) is 12.1 Å². The molecule has 0 spiro atoms. The number of carbonyl (C=O) groups is 2. The lowest BCUT2D eigenvalue weighted by Gasteiger charge is -2.08. The number of hydrogen-bond donors (Lipinski definition) is 3. The van der Waals surface area contributed by atoms with E-state index in [0.717, 1.165) is 12.1 Å². The number of carbonyl (C=O) groups excluding carboxylic acids is 1. The molecule has 0 saturated carbocycles. The molecule has 6 heteroatoms. The van der Waals surface area contributed by atoms with E-state index in [2.05, 4.69) is 4.74 Å². The molecule has 0 saturated heterocycles. The first-order valence-corrected chi connectivity index (χ1v) is 3.98. The lowest BCUT2D eigenvalue weighted by atomic mass is 10.1. The van der Waals surface area contributed by atoms with E-state index in [0.29, 0.717) is 0 Å². The second-order valence-corrected chi connectivity index (χ2v) is 2.83. The van der Waals surface area contributed by atoms with E-state index >= 15 is 0 Å². The van der Waals surface area contributed by atoms with Crippen molar-refractivity contribution < 1.29 is 19.4 Å². The fourth-order valence-corrected chi connectivity index (χ4v) is 1.15. The standard InChI is InChI=1S/C9H10N2O4/c1-15-9(14)7-5(10)2-4(8(12)13)3-6(7)11/h2-3H,10-11H2,1H3,(H,12,13). The zero-order chi connectivity index (χ0) is 11.6. The van der Waals surface area contributed by atoms with Gasteiger partial charge in [0, 0.05) is 11.4 Å². The number of hydrogen-bond acceptors (Lipinski definition) is 5. The minimum absolute atomic E-state index is 0.0116. The first-order valence-electron chi connectivity index (χ1n) is 3.98. The van der Waals surface area contributed by atoms with Gasteiger partial charge in [-0.05, 0) is 12.1 Å². The molecule has 1 rings (SSSR count). The molecular weight excluding hydrogens is 200 g/mol. The second-order valence-electron chi connectivity index (χ2n) is 2.83. The molecular formula is C9H10N2O4. The number of ether oxygens (including phenoxy) is 1. The highest BCUT2D eigenvalue weighted by molar-refractivity contribution is 6.03. The molecule has 15 heavy (non-hydrogen) atoms. The summed E-state index contributed by atoms with van der Waals surface area (Å²) >= 11 is 0. The van der Waals surface area contributed by atoms with Gasteiger partial charge in [-0.15, -0.1) is 0 Å². The zero-order valence-electron chi connectivity index (χ0n) is 7.98. The first-order chi connectivity index (χ1) is 6.97. The van der Waals surface area contributed by atoms with Gasteiger partial charge in [0.25, 0.3) is 0 Å². The molecule has 1 aromatic carbocycles. The van der Waals surface area contributed by atoms with Crippen LogP contribution in [-0.2, 0) is 4.74 Å². The molecule has 0 aliphatic rings. The number of benzene rings is 1. The summed E-state index contributed by atoms with van der Waals surface area (Å²) in [6, 6.07) is 2.32. The number of anilines is 2. The molecule has 0 unspecified atom stereocenters. The Morgan fingerprint density at radius 3 is 2.07 bits per heavy atom. The number of carboxylic acid groups (broad SMARTS) is 1. The van der Waals surface area contributed by atoms with Crippen LogP contribution in [-0.4, -0.2) is 24.2 Å². The van der Waals surface area contributed by atoms with Crippen LogP contribution in [0.1, 0.15) is 20.7 Å². The molecule has 0 aromatic heterocycles. The Hall–Kier alpha value is -2.24. The summed E-state index contributed by atoms with van der Waals surface area (Å²) in [4.78, 5) is 21.8. The Morgan fingerprint density at radius 2 is 1.73 bits per heavy atom. The number of rotatable bonds is 2. The Morgan fingerprint density at radius 1 is 1.27 bits per heavy atom. The number of esters is 1. The maximum Gasteiger partial charge on any atom is 0.342 e. The number of nitrogens with two attached hydrogens (primary N) is 2. The van der Waals surface area contributed by atoms with E-state index in [1.165, 1.54) is 7.11 Å². The number of carboxylic acids is 1. The van der Waals surface area contributed by atoms with Crippen LogP contribution in [0, 0.1) is 0 Å². The van der Waals surface area contributed by atoms with Gasteiger partial charge in [0.15, 0.2) is 0 Å². The predicted octanol–water partition coefficient (Wildman–Crippen LogP) is 0.336. The molecule has 0 fully saturated rings. The van der Waals surface area contributed by atoms with Gasteiger partial charge in [-0.2, -0.15) is 0 Å². The summed E-state index contributed by atoms with van der Waals surface area (Å²) in [5, 5.41) is 8.69. The van der Waals surface area contributed by atoms with Gasteiger partial charge in [-0.3, -0.25) is 0 Å². The smallest absolute Gasteiger partial charge is 0.342 e. The molecule has 6 nitrogen and oxygen atoms in total. The Bertz CT molecular complexity index is 405. The van der Waals surface area contributed by atoms with Crippen molar-refractivity contribution in [3.63, 3.8) is 0 Å². The molecule has 0 aliphatic carbocycles. The Labute approximate surface area is 85.4 Å². The zero-order valence-corrected chi connectivity index (χ0v) is 7.98. The minimum Gasteiger partial charge on any atom is -0.478 e. The average Bonchev–Trinajstić information content (AvgIpc) is 2.16. The predicted molar refractivity (Wildman–Crippen MR) is 53.6 cm³/mol. The van der Waals surface area contributed by atoms with Gasteiger partial charge in [0.05, 0.1) is 12.7 Å². The molecule has 0 heterocycles. The quantitative estimate of drug-likeness (QED) is 0.478. The van der Waals surface area contributed by atoms with E-state index in [-0.39, 0.29) is 22.5 Å². The fourth-order valence-electron chi connectivity index (χ4n) is 1.15. The van der Waals surface area contributed by atoms with Crippen molar-refractivity contribution >= 4 is 23.3 Å². The summed E-state index contributed by atoms with van der Waals surface area (Å²) in [5.41, 5.74) is 10.9. The minimum atomic E-state index is -1.16. The van der Waals surface area contributed by atoms with Crippen molar-refractivity contribution in [2.75, 3.05) is 18.6 Å². The fraction of sp³-hybridized carbons (Fsp3) is 0.111. The monoisotopic (exact) mass is 210 g/mol. The van der Waals surface area contributed by atoms with Gasteiger partial charge < -0.3 is 21.3 Å². The van der Waals surface area contributed by atoms with Crippen LogP contribution in [0.5, 0.6) is 0 Å². The van der Waals surface area contributed by atoms with Crippen molar-refractivity contribution in [3.05, 3.63) is 23.3 Å². The topological polar surface area (TPSA) is 116 Å². The highest BCUT2D eigenvalue weighted by Crippen LogP contribution is 2.22.